The lowest BCUT2D eigenvalue weighted by atomic mass is 9.72. The molecule has 88 valence electrons. The monoisotopic (exact) mass is 228 g/mol. The Kier molecular flexibility index (Phi) is 3.12. The largest absolute Gasteiger partial charge is 0.512 e. The molecule has 2 unspecified atom stereocenters. The minimum atomic E-state index is -0.603. The highest BCUT2D eigenvalue weighted by molar-refractivity contribution is 6.27. The van der Waals surface area contributed by atoms with Crippen molar-refractivity contribution < 1.29 is 10.2 Å². The Bertz CT molecular complexity index is 488. The molecule has 0 radical (unpaired) electrons. The Morgan fingerprint density at radius 1 is 1.18 bits per heavy atom. The topological polar surface area (TPSA) is 40.5 Å². The van der Waals surface area contributed by atoms with E-state index in [2.05, 4.69) is 0 Å². The lowest BCUT2D eigenvalue weighted by molar-refractivity contribution is 0.143. The molecule has 2 nitrogen and oxygen atoms in total. The third kappa shape index (κ3) is 1.91. The van der Waals surface area contributed by atoms with Crippen LogP contribution < -0.4 is 0 Å². The zero-order valence-corrected chi connectivity index (χ0v) is 10.4. The Balaban J connectivity index is 2.60. The van der Waals surface area contributed by atoms with E-state index >= 15 is 0 Å². The van der Waals surface area contributed by atoms with Crippen LogP contribution in [0, 0.1) is 5.92 Å². The normalized spacial score (nSPS) is 25.4. The summed E-state index contributed by atoms with van der Waals surface area (Å²) >= 11 is 0. The maximum absolute atomic E-state index is 10.1. The van der Waals surface area contributed by atoms with Gasteiger partial charge in [0.25, 0.3) is 0 Å². The maximum atomic E-state index is 10.1. The van der Waals surface area contributed by atoms with Crippen LogP contribution in [0.2, 0.25) is 0 Å². The summed E-state index contributed by atoms with van der Waals surface area (Å²) in [5.41, 5.74) is 3.80. The van der Waals surface area contributed by atoms with Gasteiger partial charge in [-0.1, -0.05) is 42.7 Å². The van der Waals surface area contributed by atoms with Crippen LogP contribution in [0.1, 0.15) is 19.4 Å². The van der Waals surface area contributed by atoms with Gasteiger partial charge in [-0.2, -0.15) is 0 Å². The van der Waals surface area contributed by atoms with Crippen LogP contribution in [-0.2, 0) is 0 Å². The van der Waals surface area contributed by atoms with Crippen LogP contribution in [0.4, 0.5) is 0 Å². The number of aliphatic hydroxyl groups is 2. The van der Waals surface area contributed by atoms with Gasteiger partial charge in [-0.25, -0.2) is 0 Å². The summed E-state index contributed by atoms with van der Waals surface area (Å²) in [7, 11) is 1.93. The van der Waals surface area contributed by atoms with Crippen molar-refractivity contribution >= 4 is 13.4 Å². The SMILES string of the molecule is BC1=C(c2ccccc2)C(C)=C(O)C(C)C1O. The van der Waals surface area contributed by atoms with Gasteiger partial charge in [0.2, 0.25) is 0 Å². The van der Waals surface area contributed by atoms with E-state index in [1.54, 1.807) is 0 Å². The van der Waals surface area contributed by atoms with Crippen LogP contribution in [0.25, 0.3) is 5.57 Å². The molecule has 1 aromatic rings. The standard InChI is InChI=1S/C14H17BO2/c1-8-11(10-6-4-3-5-7-10)12(15)14(17)9(2)13(8)16/h3-7,9,14,16-17H,15H2,1-2H3. The van der Waals surface area contributed by atoms with Gasteiger partial charge in [0, 0.05) is 5.92 Å². The van der Waals surface area contributed by atoms with Crippen molar-refractivity contribution in [3.8, 4) is 0 Å². The van der Waals surface area contributed by atoms with Crippen molar-refractivity contribution in [3.63, 3.8) is 0 Å². The lowest BCUT2D eigenvalue weighted by Gasteiger charge is -2.30. The van der Waals surface area contributed by atoms with Gasteiger partial charge in [-0.05, 0) is 23.6 Å². The molecule has 0 fully saturated rings. The van der Waals surface area contributed by atoms with E-state index in [1.807, 2.05) is 52.0 Å². The van der Waals surface area contributed by atoms with Crippen molar-refractivity contribution in [1.29, 1.82) is 0 Å². The molecule has 17 heavy (non-hydrogen) atoms. The molecule has 0 spiro atoms. The summed E-state index contributed by atoms with van der Waals surface area (Å²) < 4.78 is 0. The minimum Gasteiger partial charge on any atom is -0.512 e. The van der Waals surface area contributed by atoms with E-state index in [4.69, 9.17) is 0 Å². The van der Waals surface area contributed by atoms with Crippen molar-refractivity contribution in [3.05, 3.63) is 52.7 Å². The predicted octanol–water partition coefficient (Wildman–Crippen LogP) is 1.87. The molecule has 2 N–H and O–H groups in total. The molecule has 2 rings (SSSR count). The van der Waals surface area contributed by atoms with Crippen LogP contribution in [0.15, 0.2) is 47.1 Å². The van der Waals surface area contributed by atoms with Crippen LogP contribution >= 0.6 is 0 Å². The first kappa shape index (κ1) is 12.0. The summed E-state index contributed by atoms with van der Waals surface area (Å²) in [6.07, 6.45) is -0.603. The van der Waals surface area contributed by atoms with E-state index in [1.165, 1.54) is 0 Å². The van der Waals surface area contributed by atoms with Gasteiger partial charge in [-0.3, -0.25) is 0 Å². The van der Waals surface area contributed by atoms with Crippen LogP contribution in [-0.4, -0.2) is 24.2 Å². The predicted molar refractivity (Wildman–Crippen MR) is 72.4 cm³/mol. The summed E-state index contributed by atoms with van der Waals surface area (Å²) in [6.45, 7) is 3.75. The first-order valence-electron chi connectivity index (χ1n) is 5.88. The van der Waals surface area contributed by atoms with Gasteiger partial charge in [0.1, 0.15) is 13.6 Å². The van der Waals surface area contributed by atoms with E-state index in [9.17, 15) is 10.2 Å². The Morgan fingerprint density at radius 2 is 1.76 bits per heavy atom. The Morgan fingerprint density at radius 3 is 2.35 bits per heavy atom. The second-order valence-electron chi connectivity index (χ2n) is 4.67. The number of benzene rings is 1. The van der Waals surface area contributed by atoms with Gasteiger partial charge in [0.05, 0.1) is 6.10 Å². The molecule has 0 saturated heterocycles. The van der Waals surface area contributed by atoms with Gasteiger partial charge < -0.3 is 10.2 Å². The quantitative estimate of drug-likeness (QED) is 0.720. The van der Waals surface area contributed by atoms with Crippen molar-refractivity contribution in [2.45, 2.75) is 20.0 Å². The molecule has 2 atom stereocenters. The highest BCUT2D eigenvalue weighted by atomic mass is 16.3. The fourth-order valence-corrected chi connectivity index (χ4v) is 2.49. The zero-order chi connectivity index (χ0) is 12.6. The molecule has 0 heterocycles. The van der Waals surface area contributed by atoms with Crippen LogP contribution in [0.3, 0.4) is 0 Å². The highest BCUT2D eigenvalue weighted by Crippen LogP contribution is 2.37. The molecule has 1 aromatic carbocycles. The smallest absolute Gasteiger partial charge is 0.138 e. The maximum Gasteiger partial charge on any atom is 0.138 e. The highest BCUT2D eigenvalue weighted by Gasteiger charge is 2.29. The average molecular weight is 228 g/mol. The lowest BCUT2D eigenvalue weighted by Crippen LogP contribution is -2.28. The van der Waals surface area contributed by atoms with Crippen molar-refractivity contribution in [2.75, 3.05) is 0 Å². The molecular weight excluding hydrogens is 211 g/mol. The summed E-state index contributed by atoms with van der Waals surface area (Å²) in [5, 5.41) is 20.2. The summed E-state index contributed by atoms with van der Waals surface area (Å²) in [5.74, 6) is 0.0735. The third-order valence-corrected chi connectivity index (χ3v) is 3.56. The number of allylic oxidation sites excluding steroid dienone is 2. The molecule has 3 heteroatoms. The number of hydrogen-bond acceptors (Lipinski definition) is 2. The first-order valence-corrected chi connectivity index (χ1v) is 5.88. The van der Waals surface area contributed by atoms with Gasteiger partial charge in [-0.15, -0.1) is 0 Å². The fraction of sp³-hybridized carbons (Fsp3) is 0.286. The van der Waals surface area contributed by atoms with E-state index in [-0.39, 0.29) is 5.92 Å². The molecule has 0 bridgehead atoms. The third-order valence-electron chi connectivity index (χ3n) is 3.56. The number of hydrogen-bond donors (Lipinski definition) is 2. The van der Waals surface area contributed by atoms with Crippen LogP contribution in [0.5, 0.6) is 0 Å². The molecule has 0 saturated carbocycles. The number of rotatable bonds is 1. The van der Waals surface area contributed by atoms with Crippen molar-refractivity contribution in [1.82, 2.24) is 0 Å². The average Bonchev–Trinajstić information content (AvgIpc) is 2.36. The molecular formula is C14H17BO2. The van der Waals surface area contributed by atoms with Gasteiger partial charge in [0.15, 0.2) is 0 Å². The van der Waals surface area contributed by atoms with E-state index in [0.717, 1.165) is 22.2 Å². The van der Waals surface area contributed by atoms with E-state index < -0.39 is 6.10 Å². The summed E-state index contributed by atoms with van der Waals surface area (Å²) in [6, 6.07) is 9.88. The molecule has 1 aliphatic carbocycles. The van der Waals surface area contributed by atoms with Gasteiger partial charge >= 0.3 is 0 Å². The second-order valence-corrected chi connectivity index (χ2v) is 4.67. The minimum absolute atomic E-state index is 0.220. The zero-order valence-electron chi connectivity index (χ0n) is 10.4. The molecule has 0 aliphatic heterocycles. The number of aliphatic hydroxyl groups excluding tert-OH is 2. The molecule has 1 aliphatic rings. The first-order chi connectivity index (χ1) is 8.04. The summed E-state index contributed by atoms with van der Waals surface area (Å²) in [4.78, 5) is 0. The molecule has 0 amide bonds. The Labute approximate surface area is 103 Å². The fourth-order valence-electron chi connectivity index (χ4n) is 2.49. The molecule has 0 aromatic heterocycles. The van der Waals surface area contributed by atoms with Crippen molar-refractivity contribution in [2.24, 2.45) is 5.92 Å². The second kappa shape index (κ2) is 4.42. The van der Waals surface area contributed by atoms with E-state index in [0.29, 0.717) is 5.76 Å². The Hall–Kier alpha value is -1.48.